The Morgan fingerprint density at radius 2 is 1.73 bits per heavy atom. The number of ether oxygens (including phenoxy) is 1. The number of imide groups is 1. The molecule has 45 heavy (non-hydrogen) atoms. The zero-order chi connectivity index (χ0) is 31.6. The molecule has 7 rings (SSSR count). The molecule has 1 saturated heterocycles. The smallest absolute Gasteiger partial charge is 0.305 e. The van der Waals surface area contributed by atoms with Crippen LogP contribution in [0.1, 0.15) is 35.6 Å². The lowest BCUT2D eigenvalue weighted by Crippen LogP contribution is -2.42. The molecule has 3 N–H and O–H groups in total. The summed E-state index contributed by atoms with van der Waals surface area (Å²) in [5.41, 5.74) is 1.29. The lowest BCUT2D eigenvalue weighted by Gasteiger charge is -2.43. The van der Waals surface area contributed by atoms with Crippen molar-refractivity contribution in [3.63, 3.8) is 0 Å². The summed E-state index contributed by atoms with van der Waals surface area (Å²) in [6.07, 6.45) is 0.790. The number of hydrogen-bond donors (Lipinski definition) is 3. The number of nitrogens with one attached hydrogen (secondary N) is 2. The number of fused-ring (bicyclic) bond motifs is 9. The molecule has 234 valence electrons. The van der Waals surface area contributed by atoms with Gasteiger partial charge in [0.1, 0.15) is 5.75 Å². The number of carbonyl (C=O) groups is 4. The second-order valence-corrected chi connectivity index (χ2v) is 14.9. The molecule has 2 bridgehead atoms. The second-order valence-electron chi connectivity index (χ2n) is 11.8. The average Bonchev–Trinajstić information content (AvgIpc) is 3.73. The molecule has 2 aliphatic heterocycles. The predicted molar refractivity (Wildman–Crippen MR) is 169 cm³/mol. The van der Waals surface area contributed by atoms with E-state index >= 15 is 0 Å². The summed E-state index contributed by atoms with van der Waals surface area (Å²) in [5.74, 6) is -2.98. The molecule has 3 heterocycles. The SMILES string of the molecule is O=C(O)CCCN1C(=O)C2C3CC(C2C1=O)C1C3Sc2[nH]c(=O)sc2[C@@H]1c1cc(Cl)ccc1OCC(=O)Nc1ccc(Cl)cc1. The summed E-state index contributed by atoms with van der Waals surface area (Å²) in [6, 6.07) is 11.9. The lowest BCUT2D eigenvalue weighted by molar-refractivity contribution is -0.142. The van der Waals surface area contributed by atoms with E-state index in [0.717, 1.165) is 21.2 Å². The molecule has 10 nitrogen and oxygen atoms in total. The molecular formula is C31H27Cl2N3O7S2. The predicted octanol–water partition coefficient (Wildman–Crippen LogP) is 5.10. The van der Waals surface area contributed by atoms with E-state index in [4.69, 9.17) is 33.0 Å². The van der Waals surface area contributed by atoms with Gasteiger partial charge in [-0.15, -0.1) is 11.8 Å². The Bertz CT molecular complexity index is 1780. The van der Waals surface area contributed by atoms with Crippen LogP contribution in [0.5, 0.6) is 5.75 Å². The molecule has 7 atom stereocenters. The number of anilines is 1. The van der Waals surface area contributed by atoms with Gasteiger partial charge in [-0.2, -0.15) is 0 Å². The second kappa shape index (κ2) is 11.8. The normalized spacial score (nSPS) is 27.7. The minimum Gasteiger partial charge on any atom is -0.483 e. The van der Waals surface area contributed by atoms with Crippen LogP contribution < -0.4 is 14.9 Å². The zero-order valence-electron chi connectivity index (χ0n) is 23.5. The monoisotopic (exact) mass is 687 g/mol. The molecular weight excluding hydrogens is 661 g/mol. The molecule has 3 amide bonds. The Kier molecular flexibility index (Phi) is 7.95. The number of amides is 3. The molecule has 1 aromatic heterocycles. The number of carbonyl (C=O) groups excluding carboxylic acids is 3. The Hall–Kier alpha value is -3.32. The fourth-order valence-corrected chi connectivity index (χ4v) is 11.0. The van der Waals surface area contributed by atoms with Crippen molar-refractivity contribution in [2.75, 3.05) is 18.5 Å². The maximum absolute atomic E-state index is 13.7. The van der Waals surface area contributed by atoms with Crippen LogP contribution in [0.15, 0.2) is 52.3 Å². The molecule has 2 aromatic carbocycles. The number of nitrogens with zero attached hydrogens (tertiary/aromatic N) is 1. The first-order valence-electron chi connectivity index (χ1n) is 14.5. The van der Waals surface area contributed by atoms with Crippen LogP contribution in [-0.2, 0) is 19.2 Å². The first-order valence-corrected chi connectivity index (χ1v) is 17.0. The van der Waals surface area contributed by atoms with Gasteiger partial charge in [0.2, 0.25) is 11.8 Å². The van der Waals surface area contributed by atoms with E-state index in [1.807, 2.05) is 0 Å². The fourth-order valence-electron chi connectivity index (χ4n) is 7.80. The van der Waals surface area contributed by atoms with Gasteiger partial charge in [-0.3, -0.25) is 28.9 Å². The van der Waals surface area contributed by atoms with Gasteiger partial charge in [0, 0.05) is 50.3 Å². The summed E-state index contributed by atoms with van der Waals surface area (Å²) >= 11 is 15.2. The van der Waals surface area contributed by atoms with E-state index in [1.54, 1.807) is 54.2 Å². The van der Waals surface area contributed by atoms with Crippen molar-refractivity contribution in [2.45, 2.75) is 35.5 Å². The van der Waals surface area contributed by atoms with Gasteiger partial charge in [-0.1, -0.05) is 34.5 Å². The quantitative estimate of drug-likeness (QED) is 0.264. The summed E-state index contributed by atoms with van der Waals surface area (Å²) < 4.78 is 6.09. The van der Waals surface area contributed by atoms with Crippen LogP contribution in [-0.4, -0.2) is 57.1 Å². The number of likely N-dealkylation sites (tertiary alicyclic amines) is 1. The first kappa shape index (κ1) is 30.3. The molecule has 3 fully saturated rings. The van der Waals surface area contributed by atoms with Gasteiger partial charge >= 0.3 is 10.8 Å². The summed E-state index contributed by atoms with van der Waals surface area (Å²) in [4.78, 5) is 68.6. The van der Waals surface area contributed by atoms with E-state index < -0.39 is 17.8 Å². The number of thioether (sulfide) groups is 1. The number of rotatable bonds is 9. The van der Waals surface area contributed by atoms with Gasteiger partial charge in [0.05, 0.1) is 16.9 Å². The maximum atomic E-state index is 13.7. The highest BCUT2D eigenvalue weighted by molar-refractivity contribution is 8.00. The molecule has 0 radical (unpaired) electrons. The number of carboxylic acids is 1. The Balaban J connectivity index is 1.20. The van der Waals surface area contributed by atoms with Crippen LogP contribution in [0.2, 0.25) is 10.0 Å². The van der Waals surface area contributed by atoms with E-state index in [-0.39, 0.29) is 77.5 Å². The van der Waals surface area contributed by atoms with Gasteiger partial charge in [0.25, 0.3) is 5.91 Å². The minimum absolute atomic E-state index is 0.0465. The third kappa shape index (κ3) is 5.35. The number of halogens is 2. The van der Waals surface area contributed by atoms with Crippen molar-refractivity contribution < 1.29 is 29.0 Å². The minimum atomic E-state index is -0.971. The maximum Gasteiger partial charge on any atom is 0.305 e. The van der Waals surface area contributed by atoms with Crippen molar-refractivity contribution in [1.82, 2.24) is 9.88 Å². The van der Waals surface area contributed by atoms with Crippen molar-refractivity contribution in [3.05, 3.63) is 72.6 Å². The number of carboxylic acid groups (broad SMARTS) is 1. The summed E-state index contributed by atoms with van der Waals surface area (Å²) in [6.45, 7) is -0.189. The van der Waals surface area contributed by atoms with Crippen molar-refractivity contribution in [1.29, 1.82) is 0 Å². The molecule has 14 heteroatoms. The molecule has 3 aromatic rings. The Morgan fingerprint density at radius 1 is 1.02 bits per heavy atom. The van der Waals surface area contributed by atoms with Gasteiger partial charge in [-0.05, 0) is 73.1 Å². The fraction of sp³-hybridized carbons (Fsp3) is 0.387. The van der Waals surface area contributed by atoms with Crippen molar-refractivity contribution in [2.24, 2.45) is 29.6 Å². The number of hydrogen-bond acceptors (Lipinski definition) is 8. The number of aromatic nitrogens is 1. The Morgan fingerprint density at radius 3 is 2.47 bits per heavy atom. The Labute approximate surface area is 275 Å². The number of aliphatic carboxylic acids is 1. The van der Waals surface area contributed by atoms with Crippen LogP contribution in [0.25, 0.3) is 0 Å². The number of aromatic amines is 1. The van der Waals surface area contributed by atoms with Crippen molar-refractivity contribution in [3.8, 4) is 5.75 Å². The average molecular weight is 689 g/mol. The van der Waals surface area contributed by atoms with Crippen LogP contribution >= 0.6 is 46.3 Å². The van der Waals surface area contributed by atoms with E-state index in [9.17, 15) is 24.0 Å². The van der Waals surface area contributed by atoms with E-state index in [2.05, 4.69) is 10.3 Å². The van der Waals surface area contributed by atoms with Crippen LogP contribution in [0.3, 0.4) is 0 Å². The zero-order valence-corrected chi connectivity index (χ0v) is 26.7. The molecule has 4 aliphatic rings. The molecule has 2 saturated carbocycles. The third-order valence-electron chi connectivity index (χ3n) is 9.38. The van der Waals surface area contributed by atoms with Gasteiger partial charge in [0.15, 0.2) is 6.61 Å². The number of thiazole rings is 1. The largest absolute Gasteiger partial charge is 0.483 e. The van der Waals surface area contributed by atoms with Gasteiger partial charge < -0.3 is 20.1 Å². The van der Waals surface area contributed by atoms with Crippen LogP contribution in [0.4, 0.5) is 5.69 Å². The molecule has 6 unspecified atom stereocenters. The van der Waals surface area contributed by atoms with Crippen molar-refractivity contribution >= 4 is 75.7 Å². The molecule has 2 aliphatic carbocycles. The standard InChI is InChI=1S/C31H27Cl2N3O7S2/c32-13-3-6-15(7-4-13)34-20(37)12-43-19-8-5-14(33)10-16(19)22-23-17-11-18(26(23)44-28-27(22)45-31(42)35-28)25-24(17)29(40)36(30(25)41)9-1-2-21(38)39/h3-8,10,17-18,22-26H,1-2,9,11-12H2,(H,34,37)(H,35,42)(H,38,39)/t17?,18?,22-,23?,24?,25?,26?/m1/s1. The van der Waals surface area contributed by atoms with Crippen LogP contribution in [0, 0.1) is 29.6 Å². The van der Waals surface area contributed by atoms with E-state index in [1.165, 1.54) is 4.90 Å². The summed E-state index contributed by atoms with van der Waals surface area (Å²) in [7, 11) is 0. The number of benzene rings is 2. The van der Waals surface area contributed by atoms with Gasteiger partial charge in [-0.25, -0.2) is 0 Å². The highest BCUT2D eigenvalue weighted by Crippen LogP contribution is 2.69. The topological polar surface area (TPSA) is 146 Å². The highest BCUT2D eigenvalue weighted by atomic mass is 35.5. The first-order chi connectivity index (χ1) is 21.6. The summed E-state index contributed by atoms with van der Waals surface area (Å²) in [5, 5.41) is 13.5. The molecule has 0 spiro atoms. The van der Waals surface area contributed by atoms with E-state index in [0.29, 0.717) is 33.5 Å². The third-order valence-corrected chi connectivity index (χ3v) is 12.5. The lowest BCUT2D eigenvalue weighted by atomic mass is 9.68. The highest BCUT2D eigenvalue weighted by Gasteiger charge is 2.69. The number of H-pyrrole nitrogens is 1.